The Morgan fingerprint density at radius 2 is 2.10 bits per heavy atom. The summed E-state index contributed by atoms with van der Waals surface area (Å²) in [6.07, 6.45) is 0. The number of benzene rings is 1. The van der Waals surface area contributed by atoms with Gasteiger partial charge in [-0.3, -0.25) is 0 Å². The lowest BCUT2D eigenvalue weighted by molar-refractivity contribution is -0.00772. The summed E-state index contributed by atoms with van der Waals surface area (Å²) in [7, 11) is -3.73. The van der Waals surface area contributed by atoms with Gasteiger partial charge in [-0.15, -0.1) is 0 Å². The molecule has 1 N–H and O–H groups in total. The molecule has 0 saturated carbocycles. The molecule has 6 nitrogen and oxygen atoms in total. The van der Waals surface area contributed by atoms with E-state index in [9.17, 15) is 13.2 Å². The summed E-state index contributed by atoms with van der Waals surface area (Å²) in [4.78, 5) is 11.0. The highest BCUT2D eigenvalue weighted by atomic mass is 79.9. The van der Waals surface area contributed by atoms with Crippen molar-refractivity contribution in [1.82, 2.24) is 4.31 Å². The van der Waals surface area contributed by atoms with Crippen LogP contribution in [0.25, 0.3) is 0 Å². The van der Waals surface area contributed by atoms with Crippen LogP contribution in [0.4, 0.5) is 0 Å². The van der Waals surface area contributed by atoms with Crippen LogP contribution < -0.4 is 0 Å². The average Bonchev–Trinajstić information content (AvgIpc) is 2.37. The third kappa shape index (κ3) is 3.13. The monoisotopic (exact) mass is 377 g/mol. The van der Waals surface area contributed by atoms with Gasteiger partial charge in [0.25, 0.3) is 0 Å². The lowest BCUT2D eigenvalue weighted by Crippen LogP contribution is -2.55. The number of hydrogen-bond donors (Lipinski definition) is 1. The number of rotatable bonds is 3. The molecular weight excluding hydrogens is 362 g/mol. The minimum absolute atomic E-state index is 0.0297. The van der Waals surface area contributed by atoms with Gasteiger partial charge in [-0.25, -0.2) is 13.2 Å². The molecule has 1 aromatic rings. The van der Waals surface area contributed by atoms with Gasteiger partial charge in [0.05, 0.1) is 29.2 Å². The van der Waals surface area contributed by atoms with E-state index in [1.807, 2.05) is 0 Å². The summed E-state index contributed by atoms with van der Waals surface area (Å²) in [5.41, 5.74) is -0.621. The fraction of sp³-hybridized carbons (Fsp3) is 0.462. The zero-order valence-electron chi connectivity index (χ0n) is 11.7. The fourth-order valence-electron chi connectivity index (χ4n) is 2.25. The molecule has 1 heterocycles. The molecule has 1 saturated heterocycles. The Morgan fingerprint density at radius 3 is 2.62 bits per heavy atom. The van der Waals surface area contributed by atoms with E-state index in [0.29, 0.717) is 13.2 Å². The van der Waals surface area contributed by atoms with Crippen LogP contribution in [0, 0.1) is 0 Å². The number of carboxylic acids is 1. The Labute approximate surface area is 131 Å². The number of hydrogen-bond acceptors (Lipinski definition) is 4. The number of aromatic carboxylic acids is 1. The summed E-state index contributed by atoms with van der Waals surface area (Å²) in [5, 5.41) is 8.94. The number of carboxylic acid groups (broad SMARTS) is 1. The average molecular weight is 378 g/mol. The Bertz CT molecular complexity index is 671. The van der Waals surface area contributed by atoms with Crippen LogP contribution in [0.5, 0.6) is 0 Å². The van der Waals surface area contributed by atoms with Crippen LogP contribution in [0.1, 0.15) is 24.2 Å². The molecule has 0 amide bonds. The first kappa shape index (κ1) is 16.4. The van der Waals surface area contributed by atoms with E-state index < -0.39 is 21.5 Å². The number of halogens is 1. The van der Waals surface area contributed by atoms with E-state index in [1.54, 1.807) is 13.8 Å². The molecule has 0 radical (unpaired) electrons. The van der Waals surface area contributed by atoms with Crippen molar-refractivity contribution in [3.63, 3.8) is 0 Å². The number of morpholine rings is 1. The molecule has 1 aromatic carbocycles. The highest BCUT2D eigenvalue weighted by Gasteiger charge is 2.40. The molecule has 0 aliphatic carbocycles. The van der Waals surface area contributed by atoms with Crippen LogP contribution in [0.15, 0.2) is 27.6 Å². The van der Waals surface area contributed by atoms with E-state index in [0.717, 1.165) is 0 Å². The second-order valence-corrected chi connectivity index (χ2v) is 8.08. The first-order valence-electron chi connectivity index (χ1n) is 6.30. The summed E-state index contributed by atoms with van der Waals surface area (Å²) < 4.78 is 32.6. The molecule has 2 rings (SSSR count). The number of carbonyl (C=O) groups is 1. The molecule has 21 heavy (non-hydrogen) atoms. The number of nitrogens with zero attached hydrogens (tertiary/aromatic N) is 1. The minimum atomic E-state index is -3.73. The van der Waals surface area contributed by atoms with Crippen LogP contribution in [-0.4, -0.2) is 49.1 Å². The maximum atomic E-state index is 12.8. The van der Waals surface area contributed by atoms with Crippen molar-refractivity contribution < 1.29 is 23.1 Å². The largest absolute Gasteiger partial charge is 0.478 e. The Morgan fingerprint density at radius 1 is 1.43 bits per heavy atom. The van der Waals surface area contributed by atoms with Crippen molar-refractivity contribution in [3.05, 3.63) is 28.2 Å². The highest BCUT2D eigenvalue weighted by molar-refractivity contribution is 9.10. The molecule has 0 bridgehead atoms. The molecule has 1 aliphatic heterocycles. The van der Waals surface area contributed by atoms with Crippen LogP contribution in [-0.2, 0) is 14.8 Å². The maximum absolute atomic E-state index is 12.8. The van der Waals surface area contributed by atoms with Crippen molar-refractivity contribution >= 4 is 31.9 Å². The van der Waals surface area contributed by atoms with Crippen LogP contribution in [0.3, 0.4) is 0 Å². The number of ether oxygens (including phenoxy) is 1. The van der Waals surface area contributed by atoms with E-state index in [1.165, 1.54) is 22.5 Å². The third-order valence-corrected chi connectivity index (χ3v) is 6.40. The van der Waals surface area contributed by atoms with E-state index in [-0.39, 0.29) is 21.5 Å². The maximum Gasteiger partial charge on any atom is 0.335 e. The molecule has 0 atom stereocenters. The van der Waals surface area contributed by atoms with E-state index >= 15 is 0 Å². The molecule has 0 aromatic heterocycles. The second kappa shape index (κ2) is 5.68. The second-order valence-electron chi connectivity index (χ2n) is 5.39. The van der Waals surface area contributed by atoms with E-state index in [4.69, 9.17) is 9.84 Å². The van der Waals surface area contributed by atoms with Gasteiger partial charge in [0.2, 0.25) is 10.0 Å². The predicted molar refractivity (Wildman–Crippen MR) is 79.9 cm³/mol. The fourth-order valence-corrected chi connectivity index (χ4v) is 5.04. The third-order valence-electron chi connectivity index (χ3n) is 3.32. The quantitative estimate of drug-likeness (QED) is 0.869. The highest BCUT2D eigenvalue weighted by Crippen LogP contribution is 2.31. The van der Waals surface area contributed by atoms with Gasteiger partial charge in [-0.05, 0) is 48.0 Å². The first-order chi connectivity index (χ1) is 9.66. The van der Waals surface area contributed by atoms with Crippen LogP contribution >= 0.6 is 15.9 Å². The standard InChI is InChI=1S/C13H16BrNO5S/c1-13(2)8-20-6-5-15(13)21(18,19)11-4-3-9(12(16)17)7-10(11)14/h3-4,7H,5-6,8H2,1-2H3,(H,16,17). The Hall–Kier alpha value is -0.960. The molecule has 8 heteroatoms. The molecule has 1 fully saturated rings. The zero-order chi connectivity index (χ0) is 15.8. The first-order valence-corrected chi connectivity index (χ1v) is 8.53. The molecule has 116 valence electrons. The Balaban J connectivity index is 2.47. The van der Waals surface area contributed by atoms with Gasteiger partial charge >= 0.3 is 5.97 Å². The van der Waals surface area contributed by atoms with Gasteiger partial charge in [0, 0.05) is 11.0 Å². The minimum Gasteiger partial charge on any atom is -0.478 e. The summed E-state index contributed by atoms with van der Waals surface area (Å²) in [6.45, 7) is 4.51. The van der Waals surface area contributed by atoms with Gasteiger partial charge in [0.15, 0.2) is 0 Å². The normalized spacial score (nSPS) is 19.4. The predicted octanol–water partition coefficient (Wildman–Crippen LogP) is 1.95. The van der Waals surface area contributed by atoms with Crippen molar-refractivity contribution in [1.29, 1.82) is 0 Å². The molecule has 1 aliphatic rings. The lowest BCUT2D eigenvalue weighted by atomic mass is 10.1. The molecular formula is C13H16BrNO5S. The summed E-state index contributed by atoms with van der Waals surface area (Å²) in [6, 6.07) is 3.89. The van der Waals surface area contributed by atoms with E-state index in [2.05, 4.69) is 15.9 Å². The van der Waals surface area contributed by atoms with Crippen molar-refractivity contribution in [2.75, 3.05) is 19.8 Å². The van der Waals surface area contributed by atoms with Crippen LogP contribution in [0.2, 0.25) is 0 Å². The smallest absolute Gasteiger partial charge is 0.335 e. The summed E-state index contributed by atoms with van der Waals surface area (Å²) >= 11 is 3.16. The van der Waals surface area contributed by atoms with Crippen molar-refractivity contribution in [2.45, 2.75) is 24.3 Å². The molecule has 0 spiro atoms. The van der Waals surface area contributed by atoms with Gasteiger partial charge < -0.3 is 9.84 Å². The lowest BCUT2D eigenvalue weighted by Gasteiger charge is -2.40. The zero-order valence-corrected chi connectivity index (χ0v) is 14.1. The summed E-state index contributed by atoms with van der Waals surface area (Å²) in [5.74, 6) is -1.11. The van der Waals surface area contributed by atoms with Gasteiger partial charge in [0.1, 0.15) is 0 Å². The van der Waals surface area contributed by atoms with Gasteiger partial charge in [-0.2, -0.15) is 4.31 Å². The topological polar surface area (TPSA) is 83.9 Å². The van der Waals surface area contributed by atoms with Gasteiger partial charge in [-0.1, -0.05) is 0 Å². The van der Waals surface area contributed by atoms with Crippen molar-refractivity contribution in [2.24, 2.45) is 0 Å². The Kier molecular flexibility index (Phi) is 4.44. The molecule has 0 unspecified atom stereocenters. The van der Waals surface area contributed by atoms with Crippen molar-refractivity contribution in [3.8, 4) is 0 Å². The SMILES string of the molecule is CC1(C)COCCN1S(=O)(=O)c1ccc(C(=O)O)cc1Br. The number of sulfonamides is 1.